The number of hydrogen-bond acceptors (Lipinski definition) is 7. The predicted octanol–water partition coefficient (Wildman–Crippen LogP) is 4.30. The second-order valence-corrected chi connectivity index (χ2v) is 10.6. The summed E-state index contributed by atoms with van der Waals surface area (Å²) in [4.78, 5) is 18.0. The lowest BCUT2D eigenvalue weighted by atomic mass is 10.2. The van der Waals surface area contributed by atoms with E-state index in [4.69, 9.17) is 14.2 Å². The number of nitrogens with zero attached hydrogens (tertiary/aromatic N) is 2. The molecule has 0 atom stereocenters. The molecule has 0 spiro atoms. The highest BCUT2D eigenvalue weighted by atomic mass is 32.2. The van der Waals surface area contributed by atoms with Crippen molar-refractivity contribution in [1.29, 1.82) is 0 Å². The first kappa shape index (κ1) is 26.4. The van der Waals surface area contributed by atoms with Gasteiger partial charge in [-0.25, -0.2) is 8.42 Å². The SMILES string of the molecule is CCOc1ccc2c(c1)sc(=NC(=O)c1ccc(NS(=O)(=O)c3ccc(OC)cc3)cc1)n2CCOC. The number of ether oxygens (including phenoxy) is 3. The molecule has 0 saturated carbocycles. The van der Waals surface area contributed by atoms with Crippen LogP contribution in [0.2, 0.25) is 0 Å². The number of nitrogens with one attached hydrogen (secondary N) is 1. The van der Waals surface area contributed by atoms with Crippen molar-refractivity contribution in [3.05, 3.63) is 77.1 Å². The molecule has 0 saturated heterocycles. The first-order chi connectivity index (χ1) is 17.8. The Kier molecular flexibility index (Phi) is 8.27. The number of fused-ring (bicyclic) bond motifs is 1. The lowest BCUT2D eigenvalue weighted by Crippen LogP contribution is -2.19. The number of anilines is 1. The number of methoxy groups -OCH3 is 2. The average Bonchev–Trinajstić information content (AvgIpc) is 3.23. The van der Waals surface area contributed by atoms with Crippen LogP contribution in [0.5, 0.6) is 11.5 Å². The molecule has 9 nitrogen and oxygen atoms in total. The van der Waals surface area contributed by atoms with Crippen molar-refractivity contribution >= 4 is 43.2 Å². The summed E-state index contributed by atoms with van der Waals surface area (Å²) in [5.74, 6) is 0.871. The Bertz CT molecular complexity index is 1560. The minimum absolute atomic E-state index is 0.0984. The summed E-state index contributed by atoms with van der Waals surface area (Å²) < 4.78 is 46.7. The van der Waals surface area contributed by atoms with Crippen LogP contribution in [0.1, 0.15) is 17.3 Å². The van der Waals surface area contributed by atoms with Crippen LogP contribution in [-0.4, -0.2) is 46.3 Å². The fraction of sp³-hybridized carbons (Fsp3) is 0.231. The highest BCUT2D eigenvalue weighted by Crippen LogP contribution is 2.24. The number of sulfonamides is 1. The number of amides is 1. The van der Waals surface area contributed by atoms with Gasteiger partial charge in [-0.15, -0.1) is 0 Å². The van der Waals surface area contributed by atoms with E-state index in [1.165, 1.54) is 54.8 Å². The summed E-state index contributed by atoms with van der Waals surface area (Å²) >= 11 is 1.39. The molecule has 1 amide bonds. The molecular weight excluding hydrogens is 514 g/mol. The van der Waals surface area contributed by atoms with Gasteiger partial charge in [0.2, 0.25) is 0 Å². The smallest absolute Gasteiger partial charge is 0.279 e. The molecule has 37 heavy (non-hydrogen) atoms. The third kappa shape index (κ3) is 6.19. The number of carbonyl (C=O) groups excluding carboxylic acids is 1. The molecule has 4 aromatic rings. The molecule has 0 aliphatic carbocycles. The van der Waals surface area contributed by atoms with E-state index in [1.54, 1.807) is 19.2 Å². The van der Waals surface area contributed by atoms with Crippen LogP contribution in [-0.2, 0) is 21.3 Å². The quantitative estimate of drug-likeness (QED) is 0.321. The fourth-order valence-electron chi connectivity index (χ4n) is 3.60. The highest BCUT2D eigenvalue weighted by Gasteiger charge is 2.15. The lowest BCUT2D eigenvalue weighted by molar-refractivity contribution is 0.0997. The van der Waals surface area contributed by atoms with Gasteiger partial charge in [0.05, 0.1) is 35.4 Å². The summed E-state index contributed by atoms with van der Waals surface area (Å²) in [5, 5.41) is 0. The summed E-state index contributed by atoms with van der Waals surface area (Å²) in [7, 11) is -0.666. The van der Waals surface area contributed by atoms with Crippen molar-refractivity contribution in [3.8, 4) is 11.5 Å². The third-order valence-electron chi connectivity index (χ3n) is 5.44. The zero-order valence-corrected chi connectivity index (χ0v) is 22.3. The summed E-state index contributed by atoms with van der Waals surface area (Å²) in [6, 6.07) is 18.0. The first-order valence-electron chi connectivity index (χ1n) is 11.5. The van der Waals surface area contributed by atoms with E-state index in [2.05, 4.69) is 9.71 Å². The molecule has 1 heterocycles. The minimum Gasteiger partial charge on any atom is -0.497 e. The van der Waals surface area contributed by atoms with Crippen molar-refractivity contribution in [2.45, 2.75) is 18.4 Å². The molecule has 194 valence electrons. The van der Waals surface area contributed by atoms with Crippen LogP contribution in [0.25, 0.3) is 10.2 Å². The van der Waals surface area contributed by atoms with Crippen molar-refractivity contribution in [3.63, 3.8) is 0 Å². The van der Waals surface area contributed by atoms with Crippen LogP contribution in [0.4, 0.5) is 5.69 Å². The number of thiazole rings is 1. The molecule has 11 heteroatoms. The second kappa shape index (κ2) is 11.6. The fourth-order valence-corrected chi connectivity index (χ4v) is 5.74. The molecule has 0 unspecified atom stereocenters. The van der Waals surface area contributed by atoms with Gasteiger partial charge in [0, 0.05) is 24.9 Å². The molecule has 4 rings (SSSR count). The molecule has 1 aromatic heterocycles. The Morgan fingerprint density at radius 3 is 2.35 bits per heavy atom. The Balaban J connectivity index is 1.58. The molecule has 0 bridgehead atoms. The Hall–Kier alpha value is -3.67. The van der Waals surface area contributed by atoms with Crippen LogP contribution in [0.3, 0.4) is 0 Å². The predicted molar refractivity (Wildman–Crippen MR) is 143 cm³/mol. The van der Waals surface area contributed by atoms with Gasteiger partial charge < -0.3 is 18.8 Å². The van der Waals surface area contributed by atoms with E-state index in [0.29, 0.717) is 41.6 Å². The van der Waals surface area contributed by atoms with Gasteiger partial charge in [-0.2, -0.15) is 4.99 Å². The van der Waals surface area contributed by atoms with E-state index in [-0.39, 0.29) is 4.90 Å². The Labute approximate surface area is 219 Å². The van der Waals surface area contributed by atoms with Crippen molar-refractivity contribution in [2.24, 2.45) is 4.99 Å². The molecule has 0 fully saturated rings. The molecule has 3 aromatic carbocycles. The number of hydrogen-bond donors (Lipinski definition) is 1. The van der Waals surface area contributed by atoms with Gasteiger partial charge in [0.15, 0.2) is 4.80 Å². The standard InChI is InChI=1S/C26H27N3O6S2/c1-4-35-21-11-14-23-24(17-21)36-26(29(23)15-16-33-2)27-25(30)18-5-7-19(8-6-18)28-37(31,32)22-12-9-20(34-3)10-13-22/h5-14,17,28H,4,15-16H2,1-3H3. The molecule has 0 aliphatic rings. The minimum atomic E-state index is -3.79. The van der Waals surface area contributed by atoms with Gasteiger partial charge in [0.25, 0.3) is 15.9 Å². The average molecular weight is 542 g/mol. The maximum atomic E-state index is 13.0. The van der Waals surface area contributed by atoms with Gasteiger partial charge in [0.1, 0.15) is 11.5 Å². The van der Waals surface area contributed by atoms with Crippen LogP contribution in [0, 0.1) is 0 Å². The van der Waals surface area contributed by atoms with Crippen LogP contribution < -0.4 is 19.0 Å². The largest absolute Gasteiger partial charge is 0.497 e. The van der Waals surface area contributed by atoms with Crippen molar-refractivity contribution in [1.82, 2.24) is 4.57 Å². The van der Waals surface area contributed by atoms with Crippen molar-refractivity contribution in [2.75, 3.05) is 32.2 Å². The van der Waals surface area contributed by atoms with E-state index < -0.39 is 15.9 Å². The van der Waals surface area contributed by atoms with Crippen LogP contribution in [0.15, 0.2) is 76.6 Å². The zero-order chi connectivity index (χ0) is 26.4. The number of benzene rings is 3. The monoisotopic (exact) mass is 541 g/mol. The number of aromatic nitrogens is 1. The van der Waals surface area contributed by atoms with Crippen LogP contribution >= 0.6 is 11.3 Å². The van der Waals surface area contributed by atoms with Gasteiger partial charge in [-0.3, -0.25) is 9.52 Å². The van der Waals surface area contributed by atoms with E-state index in [9.17, 15) is 13.2 Å². The second-order valence-electron chi connectivity index (χ2n) is 7.87. The van der Waals surface area contributed by atoms with Gasteiger partial charge in [-0.05, 0) is 73.7 Å². The zero-order valence-electron chi connectivity index (χ0n) is 20.6. The first-order valence-corrected chi connectivity index (χ1v) is 13.8. The summed E-state index contributed by atoms with van der Waals surface area (Å²) in [6.07, 6.45) is 0. The molecule has 0 aliphatic heterocycles. The maximum Gasteiger partial charge on any atom is 0.279 e. The number of carbonyl (C=O) groups is 1. The topological polar surface area (TPSA) is 108 Å². The van der Waals surface area contributed by atoms with Gasteiger partial charge >= 0.3 is 0 Å². The van der Waals surface area contributed by atoms with Crippen molar-refractivity contribution < 1.29 is 27.4 Å². The van der Waals surface area contributed by atoms with Gasteiger partial charge in [-0.1, -0.05) is 11.3 Å². The Morgan fingerprint density at radius 2 is 1.70 bits per heavy atom. The van der Waals surface area contributed by atoms with E-state index in [0.717, 1.165) is 16.0 Å². The van der Waals surface area contributed by atoms with E-state index >= 15 is 0 Å². The lowest BCUT2D eigenvalue weighted by Gasteiger charge is -2.09. The molecule has 1 N–H and O–H groups in total. The highest BCUT2D eigenvalue weighted by molar-refractivity contribution is 7.92. The maximum absolute atomic E-state index is 13.0. The molecule has 0 radical (unpaired) electrons. The van der Waals surface area contributed by atoms with E-state index in [1.807, 2.05) is 29.7 Å². The summed E-state index contributed by atoms with van der Waals surface area (Å²) in [6.45, 7) is 3.47. The Morgan fingerprint density at radius 1 is 1.00 bits per heavy atom. The normalized spacial score (nSPS) is 12.0. The third-order valence-corrected chi connectivity index (χ3v) is 7.87. The molecular formula is C26H27N3O6S2. The number of rotatable bonds is 10. The summed E-state index contributed by atoms with van der Waals surface area (Å²) in [5.41, 5.74) is 1.59.